The molecule has 0 aliphatic heterocycles. The Kier molecular flexibility index (Phi) is 5.58. The molecule has 142 valence electrons. The maximum absolute atomic E-state index is 12.7. The number of allylic oxidation sites excluding steroid dienone is 2. The van der Waals surface area contributed by atoms with E-state index in [-0.39, 0.29) is 21.4 Å². The van der Waals surface area contributed by atoms with Crippen molar-refractivity contribution in [1.82, 2.24) is 0 Å². The molecule has 0 spiro atoms. The van der Waals surface area contributed by atoms with E-state index in [9.17, 15) is 13.2 Å². The third-order valence-corrected chi connectivity index (χ3v) is 6.55. The lowest BCUT2D eigenvalue weighted by Crippen LogP contribution is -2.16. The Morgan fingerprint density at radius 1 is 0.963 bits per heavy atom. The van der Waals surface area contributed by atoms with Crippen LogP contribution in [0, 0.1) is 6.92 Å². The third-order valence-electron chi connectivity index (χ3n) is 4.61. The van der Waals surface area contributed by atoms with Crippen molar-refractivity contribution in [3.63, 3.8) is 0 Å². The number of aryl methyl sites for hydroxylation is 1. The smallest absolute Gasteiger partial charge is 0.262 e. The van der Waals surface area contributed by atoms with E-state index in [0.717, 1.165) is 18.5 Å². The Balaban J connectivity index is 1.91. The van der Waals surface area contributed by atoms with Gasteiger partial charge in [0.05, 0.1) is 21.3 Å². The van der Waals surface area contributed by atoms with Gasteiger partial charge in [-0.25, -0.2) is 8.42 Å². The summed E-state index contributed by atoms with van der Waals surface area (Å²) in [6.45, 7) is 3.53. The molecule has 27 heavy (non-hydrogen) atoms. The van der Waals surface area contributed by atoms with Crippen molar-refractivity contribution in [2.75, 3.05) is 10.0 Å². The van der Waals surface area contributed by atoms with E-state index in [0.29, 0.717) is 23.2 Å². The topological polar surface area (TPSA) is 75.3 Å². The number of hydrogen-bond donors (Lipinski definition) is 2. The van der Waals surface area contributed by atoms with Gasteiger partial charge in [-0.3, -0.25) is 9.52 Å². The summed E-state index contributed by atoms with van der Waals surface area (Å²) in [6, 6.07) is 11.8. The SMILES string of the molecule is CC1=C(Nc2cccc(NS(=O)(=O)c3ccccc3C)c2Cl)CCCC1=O. The summed E-state index contributed by atoms with van der Waals surface area (Å²) in [7, 11) is -3.76. The first kappa shape index (κ1) is 19.5. The standard InChI is InChI=1S/C20H21ClN2O3S/c1-13-7-3-4-12-19(13)27(25,26)23-17-10-5-9-16(20(17)21)22-15-8-6-11-18(24)14(15)2/h3-5,7,9-10,12,22-23H,6,8,11H2,1-2H3. The van der Waals surface area contributed by atoms with Crippen LogP contribution in [0.3, 0.4) is 0 Å². The van der Waals surface area contributed by atoms with Gasteiger partial charge in [0.25, 0.3) is 10.0 Å². The van der Waals surface area contributed by atoms with Crippen LogP contribution in [0.1, 0.15) is 31.7 Å². The van der Waals surface area contributed by atoms with Crippen molar-refractivity contribution in [2.24, 2.45) is 0 Å². The van der Waals surface area contributed by atoms with Crippen LogP contribution in [0.4, 0.5) is 11.4 Å². The van der Waals surface area contributed by atoms with Crippen LogP contribution in [0.15, 0.2) is 58.6 Å². The van der Waals surface area contributed by atoms with Crippen LogP contribution in [0.25, 0.3) is 0 Å². The van der Waals surface area contributed by atoms with Crippen molar-refractivity contribution in [1.29, 1.82) is 0 Å². The number of nitrogens with one attached hydrogen (secondary N) is 2. The highest BCUT2D eigenvalue weighted by molar-refractivity contribution is 7.92. The first-order chi connectivity index (χ1) is 12.8. The average molecular weight is 405 g/mol. The minimum Gasteiger partial charge on any atom is -0.357 e. The third kappa shape index (κ3) is 4.17. The fourth-order valence-corrected chi connectivity index (χ4v) is 4.65. The highest BCUT2D eigenvalue weighted by Gasteiger charge is 2.20. The van der Waals surface area contributed by atoms with E-state index in [4.69, 9.17) is 11.6 Å². The number of sulfonamides is 1. The molecule has 0 heterocycles. The highest BCUT2D eigenvalue weighted by atomic mass is 35.5. The van der Waals surface area contributed by atoms with Crippen molar-refractivity contribution in [3.05, 3.63) is 64.3 Å². The molecule has 2 aromatic carbocycles. The molecule has 3 rings (SSSR count). The van der Waals surface area contributed by atoms with E-state index in [1.807, 2.05) is 0 Å². The zero-order valence-electron chi connectivity index (χ0n) is 15.2. The quantitative estimate of drug-likeness (QED) is 0.744. The molecule has 0 saturated heterocycles. The molecule has 0 radical (unpaired) electrons. The van der Waals surface area contributed by atoms with E-state index < -0.39 is 10.0 Å². The first-order valence-corrected chi connectivity index (χ1v) is 10.5. The molecule has 2 aromatic rings. The minimum absolute atomic E-state index is 0.122. The second kappa shape index (κ2) is 7.74. The summed E-state index contributed by atoms with van der Waals surface area (Å²) in [6.07, 6.45) is 2.10. The molecular formula is C20H21ClN2O3S. The molecule has 2 N–H and O–H groups in total. The Hall–Kier alpha value is -2.31. The van der Waals surface area contributed by atoms with Crippen LogP contribution < -0.4 is 10.0 Å². The number of hydrogen-bond acceptors (Lipinski definition) is 4. The Labute approximate surface area is 164 Å². The minimum atomic E-state index is -3.76. The van der Waals surface area contributed by atoms with Crippen molar-refractivity contribution < 1.29 is 13.2 Å². The zero-order chi connectivity index (χ0) is 19.6. The summed E-state index contributed by atoms with van der Waals surface area (Å²) in [5, 5.41) is 3.46. The van der Waals surface area contributed by atoms with Gasteiger partial charge >= 0.3 is 0 Å². The lowest BCUT2D eigenvalue weighted by atomic mass is 9.96. The van der Waals surface area contributed by atoms with Crippen molar-refractivity contribution in [3.8, 4) is 0 Å². The van der Waals surface area contributed by atoms with Crippen LogP contribution in [0.2, 0.25) is 5.02 Å². The summed E-state index contributed by atoms with van der Waals surface area (Å²) in [5.74, 6) is 0.122. The predicted molar refractivity (Wildman–Crippen MR) is 109 cm³/mol. The predicted octanol–water partition coefficient (Wildman–Crippen LogP) is 4.89. The molecule has 0 atom stereocenters. The van der Waals surface area contributed by atoms with Crippen LogP contribution in [-0.4, -0.2) is 14.2 Å². The number of carbonyl (C=O) groups excluding carboxylic acids is 1. The summed E-state index contributed by atoms with van der Waals surface area (Å²) < 4.78 is 28.0. The van der Waals surface area contributed by atoms with Gasteiger partial charge in [0.1, 0.15) is 0 Å². The van der Waals surface area contributed by atoms with Gasteiger partial charge in [-0.05, 0) is 50.5 Å². The number of benzene rings is 2. The van der Waals surface area contributed by atoms with E-state index in [1.54, 1.807) is 56.3 Å². The summed E-state index contributed by atoms with van der Waals surface area (Å²) in [4.78, 5) is 12.1. The van der Waals surface area contributed by atoms with Gasteiger partial charge in [0.15, 0.2) is 5.78 Å². The van der Waals surface area contributed by atoms with Gasteiger partial charge in [0.2, 0.25) is 0 Å². The molecule has 0 unspecified atom stereocenters. The lowest BCUT2D eigenvalue weighted by Gasteiger charge is -2.20. The zero-order valence-corrected chi connectivity index (χ0v) is 16.7. The Bertz CT molecular complexity index is 1030. The maximum Gasteiger partial charge on any atom is 0.262 e. The van der Waals surface area contributed by atoms with Gasteiger partial charge < -0.3 is 5.32 Å². The Morgan fingerprint density at radius 3 is 2.41 bits per heavy atom. The fourth-order valence-electron chi connectivity index (χ4n) is 3.05. The van der Waals surface area contributed by atoms with Crippen molar-refractivity contribution >= 4 is 38.8 Å². The second-order valence-corrected chi connectivity index (χ2v) is 8.57. The number of halogens is 1. The van der Waals surface area contributed by atoms with E-state index in [2.05, 4.69) is 10.0 Å². The maximum atomic E-state index is 12.7. The first-order valence-electron chi connectivity index (χ1n) is 8.66. The van der Waals surface area contributed by atoms with Crippen molar-refractivity contribution in [2.45, 2.75) is 38.0 Å². The number of anilines is 2. The molecule has 1 aliphatic carbocycles. The number of rotatable bonds is 5. The molecule has 0 saturated carbocycles. The molecular weight excluding hydrogens is 384 g/mol. The number of ketones is 1. The normalized spacial score (nSPS) is 15.0. The highest BCUT2D eigenvalue weighted by Crippen LogP contribution is 2.34. The van der Waals surface area contributed by atoms with E-state index >= 15 is 0 Å². The second-order valence-electron chi connectivity index (χ2n) is 6.54. The summed E-state index contributed by atoms with van der Waals surface area (Å²) in [5.41, 5.74) is 3.02. The lowest BCUT2D eigenvalue weighted by molar-refractivity contribution is -0.116. The van der Waals surface area contributed by atoms with Gasteiger partial charge in [0, 0.05) is 17.7 Å². The molecule has 1 aliphatic rings. The largest absolute Gasteiger partial charge is 0.357 e. The van der Waals surface area contributed by atoms with Gasteiger partial charge in [-0.2, -0.15) is 0 Å². The molecule has 0 fully saturated rings. The Morgan fingerprint density at radius 2 is 1.67 bits per heavy atom. The van der Waals surface area contributed by atoms with Gasteiger partial charge in [-0.1, -0.05) is 35.9 Å². The van der Waals surface area contributed by atoms with Gasteiger partial charge in [-0.15, -0.1) is 0 Å². The van der Waals surface area contributed by atoms with Crippen LogP contribution in [-0.2, 0) is 14.8 Å². The summed E-state index contributed by atoms with van der Waals surface area (Å²) >= 11 is 6.45. The fraction of sp³-hybridized carbons (Fsp3) is 0.250. The molecule has 0 bridgehead atoms. The van der Waals surface area contributed by atoms with Crippen LogP contribution in [0.5, 0.6) is 0 Å². The molecule has 7 heteroatoms. The van der Waals surface area contributed by atoms with E-state index in [1.165, 1.54) is 0 Å². The average Bonchev–Trinajstić information content (AvgIpc) is 2.62. The number of carbonyl (C=O) groups is 1. The van der Waals surface area contributed by atoms with Crippen LogP contribution >= 0.6 is 11.6 Å². The number of Topliss-reactive ketones (excluding diaryl/α,β-unsaturated/α-hetero) is 1. The molecule has 5 nitrogen and oxygen atoms in total. The molecule has 0 aromatic heterocycles. The monoisotopic (exact) mass is 404 g/mol. The molecule has 0 amide bonds.